The van der Waals surface area contributed by atoms with Gasteiger partial charge in [0.25, 0.3) is 0 Å². The second-order valence-electron chi connectivity index (χ2n) is 8.61. The SMILES string of the molecule is O=C(O)c1cccc(N2CC(Oc3ccc(COCc4cccnc4)cc3)C2)c1Cn1cccc1. The van der Waals surface area contributed by atoms with E-state index in [-0.39, 0.29) is 6.10 Å². The number of nitrogens with zero attached hydrogens (tertiary/aromatic N) is 3. The molecular formula is C28H27N3O4. The Morgan fingerprint density at radius 1 is 0.943 bits per heavy atom. The van der Waals surface area contributed by atoms with Crippen LogP contribution in [0, 0.1) is 0 Å². The van der Waals surface area contributed by atoms with Gasteiger partial charge in [0.1, 0.15) is 11.9 Å². The lowest BCUT2D eigenvalue weighted by molar-refractivity contribution is 0.0695. The van der Waals surface area contributed by atoms with Gasteiger partial charge in [-0.1, -0.05) is 24.3 Å². The smallest absolute Gasteiger partial charge is 0.336 e. The highest BCUT2D eigenvalue weighted by atomic mass is 16.5. The van der Waals surface area contributed by atoms with Crippen LogP contribution in [0.25, 0.3) is 0 Å². The Hall–Kier alpha value is -4.10. The maximum atomic E-state index is 11.8. The molecule has 0 amide bonds. The number of anilines is 1. The summed E-state index contributed by atoms with van der Waals surface area (Å²) in [6, 6.07) is 21.2. The molecule has 1 saturated heterocycles. The molecule has 4 aromatic rings. The quantitative estimate of drug-likeness (QED) is 0.365. The van der Waals surface area contributed by atoms with Crippen LogP contribution >= 0.6 is 0 Å². The zero-order chi connectivity index (χ0) is 24.0. The number of ether oxygens (including phenoxy) is 2. The molecule has 1 aliphatic rings. The summed E-state index contributed by atoms with van der Waals surface area (Å²) in [6.07, 6.45) is 7.49. The molecule has 0 radical (unpaired) electrons. The fourth-order valence-electron chi connectivity index (χ4n) is 4.23. The van der Waals surface area contributed by atoms with Crippen LogP contribution in [0.15, 0.2) is 91.5 Å². The lowest BCUT2D eigenvalue weighted by atomic mass is 10.0. The summed E-state index contributed by atoms with van der Waals surface area (Å²) < 4.78 is 13.9. The number of carbonyl (C=O) groups is 1. The van der Waals surface area contributed by atoms with Crippen LogP contribution in [0.2, 0.25) is 0 Å². The molecule has 0 saturated carbocycles. The first kappa shape index (κ1) is 22.7. The van der Waals surface area contributed by atoms with E-state index in [4.69, 9.17) is 9.47 Å². The summed E-state index contributed by atoms with van der Waals surface area (Å²) >= 11 is 0. The van der Waals surface area contributed by atoms with Gasteiger partial charge in [0.05, 0.1) is 31.9 Å². The number of carboxylic acid groups (broad SMARTS) is 1. The van der Waals surface area contributed by atoms with Crippen LogP contribution in [0.5, 0.6) is 5.75 Å². The van der Waals surface area contributed by atoms with Crippen molar-refractivity contribution in [1.82, 2.24) is 9.55 Å². The van der Waals surface area contributed by atoms with Crippen LogP contribution in [-0.2, 0) is 24.5 Å². The van der Waals surface area contributed by atoms with E-state index in [9.17, 15) is 9.90 Å². The van der Waals surface area contributed by atoms with Gasteiger partial charge in [0.2, 0.25) is 0 Å². The molecule has 0 aliphatic carbocycles. The second kappa shape index (κ2) is 10.4. The Morgan fingerprint density at radius 2 is 1.71 bits per heavy atom. The topological polar surface area (TPSA) is 76.8 Å². The predicted molar refractivity (Wildman–Crippen MR) is 133 cm³/mol. The Morgan fingerprint density at radius 3 is 2.43 bits per heavy atom. The van der Waals surface area contributed by atoms with Crippen LogP contribution in [0.1, 0.15) is 27.0 Å². The Labute approximate surface area is 204 Å². The molecule has 7 nitrogen and oxygen atoms in total. The fourth-order valence-corrected chi connectivity index (χ4v) is 4.23. The summed E-state index contributed by atoms with van der Waals surface area (Å²) in [5.41, 5.74) is 4.22. The van der Waals surface area contributed by atoms with Gasteiger partial charge in [-0.25, -0.2) is 4.79 Å². The molecule has 2 aromatic carbocycles. The van der Waals surface area contributed by atoms with E-state index in [0.29, 0.717) is 38.4 Å². The van der Waals surface area contributed by atoms with Crippen LogP contribution in [0.4, 0.5) is 5.69 Å². The van der Waals surface area contributed by atoms with Crippen molar-refractivity contribution in [2.75, 3.05) is 18.0 Å². The zero-order valence-electron chi connectivity index (χ0n) is 19.3. The first-order valence-corrected chi connectivity index (χ1v) is 11.6. The predicted octanol–water partition coefficient (Wildman–Crippen LogP) is 4.61. The molecule has 35 heavy (non-hydrogen) atoms. The lowest BCUT2D eigenvalue weighted by Gasteiger charge is -2.41. The first-order valence-electron chi connectivity index (χ1n) is 11.6. The fraction of sp³-hybridized carbons (Fsp3) is 0.214. The van der Waals surface area contributed by atoms with Crippen molar-refractivity contribution in [3.63, 3.8) is 0 Å². The van der Waals surface area contributed by atoms with Gasteiger partial charge < -0.3 is 24.0 Å². The highest BCUT2D eigenvalue weighted by Gasteiger charge is 2.31. The minimum Gasteiger partial charge on any atom is -0.487 e. The number of aromatic nitrogens is 2. The largest absolute Gasteiger partial charge is 0.487 e. The molecule has 0 spiro atoms. The third kappa shape index (κ3) is 5.53. The van der Waals surface area contributed by atoms with E-state index in [1.165, 1.54) is 0 Å². The molecule has 5 rings (SSSR count). The van der Waals surface area contributed by atoms with E-state index in [1.54, 1.807) is 24.5 Å². The number of rotatable bonds is 10. The zero-order valence-corrected chi connectivity index (χ0v) is 19.3. The Balaban J connectivity index is 1.16. The van der Waals surface area contributed by atoms with Crippen molar-refractivity contribution >= 4 is 11.7 Å². The minimum absolute atomic E-state index is 0.0515. The molecule has 0 bridgehead atoms. The minimum atomic E-state index is -0.910. The van der Waals surface area contributed by atoms with E-state index < -0.39 is 5.97 Å². The summed E-state index contributed by atoms with van der Waals surface area (Å²) in [5, 5.41) is 9.71. The molecule has 0 unspecified atom stereocenters. The molecule has 2 aromatic heterocycles. The van der Waals surface area contributed by atoms with Crippen LogP contribution in [-0.4, -0.2) is 39.8 Å². The summed E-state index contributed by atoms with van der Waals surface area (Å²) in [7, 11) is 0. The second-order valence-corrected chi connectivity index (χ2v) is 8.61. The van der Waals surface area contributed by atoms with Gasteiger partial charge in [-0.3, -0.25) is 4.98 Å². The van der Waals surface area contributed by atoms with Gasteiger partial charge in [-0.2, -0.15) is 0 Å². The standard InChI is InChI=1S/C28H27N3O4/c32-28(33)25-6-3-7-27(26(25)18-30-13-1-2-14-30)31-16-24(17-31)35-23-10-8-21(9-11-23)19-34-20-22-5-4-12-29-15-22/h1-15,24H,16-20H2,(H,32,33). The highest BCUT2D eigenvalue weighted by molar-refractivity contribution is 5.91. The number of hydrogen-bond acceptors (Lipinski definition) is 5. The molecule has 0 atom stereocenters. The maximum Gasteiger partial charge on any atom is 0.336 e. The Bertz CT molecular complexity index is 1250. The van der Waals surface area contributed by atoms with E-state index >= 15 is 0 Å². The number of benzene rings is 2. The van der Waals surface area contributed by atoms with Gasteiger partial charge in [-0.05, 0) is 53.6 Å². The number of aromatic carboxylic acids is 1. The number of carboxylic acids is 1. The number of pyridine rings is 1. The van der Waals surface area contributed by atoms with Crippen LogP contribution in [0.3, 0.4) is 0 Å². The molecule has 3 heterocycles. The van der Waals surface area contributed by atoms with E-state index in [2.05, 4.69) is 9.88 Å². The summed E-state index contributed by atoms with van der Waals surface area (Å²) in [5.74, 6) is -0.0932. The lowest BCUT2D eigenvalue weighted by Crippen LogP contribution is -2.54. The molecule has 1 fully saturated rings. The van der Waals surface area contributed by atoms with Crippen molar-refractivity contribution < 1.29 is 19.4 Å². The van der Waals surface area contributed by atoms with Gasteiger partial charge in [0, 0.05) is 42.6 Å². The third-order valence-corrected chi connectivity index (χ3v) is 6.06. The van der Waals surface area contributed by atoms with Gasteiger partial charge >= 0.3 is 5.97 Å². The van der Waals surface area contributed by atoms with Crippen molar-refractivity contribution in [3.05, 3.63) is 114 Å². The van der Waals surface area contributed by atoms with E-state index in [0.717, 1.165) is 28.1 Å². The van der Waals surface area contributed by atoms with E-state index in [1.807, 2.05) is 71.6 Å². The summed E-state index contributed by atoms with van der Waals surface area (Å²) in [4.78, 5) is 18.1. The van der Waals surface area contributed by atoms with Crippen LogP contribution < -0.4 is 9.64 Å². The van der Waals surface area contributed by atoms with Crippen molar-refractivity contribution in [1.29, 1.82) is 0 Å². The molecule has 1 N–H and O–H groups in total. The average molecular weight is 470 g/mol. The number of hydrogen-bond donors (Lipinski definition) is 1. The normalized spacial score (nSPS) is 13.4. The van der Waals surface area contributed by atoms with Crippen molar-refractivity contribution in [2.45, 2.75) is 25.9 Å². The van der Waals surface area contributed by atoms with Gasteiger partial charge in [0.15, 0.2) is 0 Å². The molecule has 7 heteroatoms. The summed E-state index contributed by atoms with van der Waals surface area (Å²) in [6.45, 7) is 2.97. The average Bonchev–Trinajstić information content (AvgIpc) is 3.36. The molecule has 1 aliphatic heterocycles. The van der Waals surface area contributed by atoms with Crippen molar-refractivity contribution in [3.8, 4) is 5.75 Å². The molecular weight excluding hydrogens is 442 g/mol. The Kier molecular flexibility index (Phi) is 6.77. The first-order chi connectivity index (χ1) is 17.2. The monoisotopic (exact) mass is 469 g/mol. The maximum absolute atomic E-state index is 11.8. The van der Waals surface area contributed by atoms with Crippen molar-refractivity contribution in [2.24, 2.45) is 0 Å². The third-order valence-electron chi connectivity index (χ3n) is 6.06. The molecule has 178 valence electrons. The van der Waals surface area contributed by atoms with Gasteiger partial charge in [-0.15, -0.1) is 0 Å². The highest BCUT2D eigenvalue weighted by Crippen LogP contribution is 2.30.